The van der Waals surface area contributed by atoms with Crippen LogP contribution in [-0.2, 0) is 11.3 Å². The average Bonchev–Trinajstić information content (AvgIpc) is 3.47. The molecule has 0 bridgehead atoms. The van der Waals surface area contributed by atoms with Gasteiger partial charge in [-0.05, 0) is 43.4 Å². The minimum atomic E-state index is -0.548. The first kappa shape index (κ1) is 18.1. The van der Waals surface area contributed by atoms with Crippen molar-refractivity contribution in [3.63, 3.8) is 0 Å². The molecule has 0 heterocycles. The summed E-state index contributed by atoms with van der Waals surface area (Å²) in [6.45, 7) is 3.19. The number of primary amides is 1. The van der Waals surface area contributed by atoms with Crippen molar-refractivity contribution < 1.29 is 9.59 Å². The van der Waals surface area contributed by atoms with Crippen molar-refractivity contribution in [2.45, 2.75) is 32.4 Å². The molecule has 5 heteroatoms. The van der Waals surface area contributed by atoms with Gasteiger partial charge in [-0.3, -0.25) is 14.5 Å². The molecule has 26 heavy (non-hydrogen) atoms. The van der Waals surface area contributed by atoms with Gasteiger partial charge in [0.2, 0.25) is 5.91 Å². The number of para-hydroxylation sites is 1. The van der Waals surface area contributed by atoms with Gasteiger partial charge in [-0.1, -0.05) is 42.5 Å². The fourth-order valence-electron chi connectivity index (χ4n) is 3.22. The number of carbonyl (C=O) groups excluding carboxylic acids is 2. The maximum absolute atomic E-state index is 12.6. The number of nitrogens with two attached hydrogens (primary N) is 1. The zero-order chi connectivity index (χ0) is 18.5. The predicted octanol–water partition coefficient (Wildman–Crippen LogP) is 3.02. The quantitative estimate of drug-likeness (QED) is 0.767. The maximum atomic E-state index is 12.6. The van der Waals surface area contributed by atoms with Crippen LogP contribution in [0.1, 0.15) is 35.7 Å². The summed E-state index contributed by atoms with van der Waals surface area (Å²) in [4.78, 5) is 26.4. The van der Waals surface area contributed by atoms with E-state index in [-0.39, 0.29) is 12.5 Å². The van der Waals surface area contributed by atoms with E-state index in [9.17, 15) is 9.59 Å². The van der Waals surface area contributed by atoms with Crippen molar-refractivity contribution in [2.24, 2.45) is 11.7 Å². The summed E-state index contributed by atoms with van der Waals surface area (Å²) in [6, 6.07) is 17.3. The first-order chi connectivity index (χ1) is 12.5. The Morgan fingerprint density at radius 2 is 1.77 bits per heavy atom. The molecule has 0 spiro atoms. The monoisotopic (exact) mass is 351 g/mol. The molecule has 136 valence electrons. The molecular weight excluding hydrogens is 326 g/mol. The lowest BCUT2D eigenvalue weighted by Crippen LogP contribution is -2.40. The number of hydrogen-bond donors (Lipinski definition) is 2. The lowest BCUT2D eigenvalue weighted by molar-refractivity contribution is -0.118. The Kier molecular flexibility index (Phi) is 5.68. The third kappa shape index (κ3) is 4.70. The van der Waals surface area contributed by atoms with Gasteiger partial charge in [-0.15, -0.1) is 0 Å². The van der Waals surface area contributed by atoms with Crippen LogP contribution in [0, 0.1) is 5.92 Å². The summed E-state index contributed by atoms with van der Waals surface area (Å²) < 4.78 is 0. The van der Waals surface area contributed by atoms with Gasteiger partial charge in [0, 0.05) is 12.6 Å². The molecule has 1 aliphatic rings. The zero-order valence-corrected chi connectivity index (χ0v) is 15.0. The molecule has 1 atom stereocenters. The minimum Gasteiger partial charge on any atom is -0.366 e. The van der Waals surface area contributed by atoms with Crippen LogP contribution >= 0.6 is 0 Å². The van der Waals surface area contributed by atoms with E-state index in [1.54, 1.807) is 24.3 Å². The Bertz CT molecular complexity index is 772. The molecule has 2 aromatic rings. The second-order valence-corrected chi connectivity index (χ2v) is 6.93. The average molecular weight is 351 g/mol. The number of hydrogen-bond acceptors (Lipinski definition) is 3. The van der Waals surface area contributed by atoms with Crippen LogP contribution < -0.4 is 11.1 Å². The molecule has 0 aliphatic heterocycles. The third-order valence-electron chi connectivity index (χ3n) is 4.92. The Balaban J connectivity index is 1.70. The van der Waals surface area contributed by atoms with E-state index in [0.29, 0.717) is 23.2 Å². The highest BCUT2D eigenvalue weighted by Gasteiger charge is 2.32. The van der Waals surface area contributed by atoms with E-state index >= 15 is 0 Å². The van der Waals surface area contributed by atoms with E-state index in [0.717, 1.165) is 6.54 Å². The number of carbonyl (C=O) groups is 2. The number of nitrogens with one attached hydrogen (secondary N) is 1. The fourth-order valence-corrected chi connectivity index (χ4v) is 3.22. The molecule has 1 fully saturated rings. The molecule has 5 nitrogen and oxygen atoms in total. The van der Waals surface area contributed by atoms with Crippen LogP contribution in [-0.4, -0.2) is 29.3 Å². The number of benzene rings is 2. The zero-order valence-electron chi connectivity index (χ0n) is 15.0. The smallest absolute Gasteiger partial charge is 0.250 e. The van der Waals surface area contributed by atoms with Gasteiger partial charge in [0.1, 0.15) is 0 Å². The predicted molar refractivity (Wildman–Crippen MR) is 103 cm³/mol. The summed E-state index contributed by atoms with van der Waals surface area (Å²) in [7, 11) is 0. The normalized spacial score (nSPS) is 14.8. The highest BCUT2D eigenvalue weighted by molar-refractivity contribution is 6.03. The molecule has 3 rings (SSSR count). The third-order valence-corrected chi connectivity index (χ3v) is 4.92. The Morgan fingerprint density at radius 1 is 1.12 bits per heavy atom. The van der Waals surface area contributed by atoms with Crippen LogP contribution in [0.4, 0.5) is 5.69 Å². The number of nitrogens with zero attached hydrogens (tertiary/aromatic N) is 1. The van der Waals surface area contributed by atoms with E-state index in [4.69, 9.17) is 5.73 Å². The van der Waals surface area contributed by atoms with Crippen molar-refractivity contribution >= 4 is 17.5 Å². The van der Waals surface area contributed by atoms with Gasteiger partial charge in [-0.2, -0.15) is 0 Å². The Morgan fingerprint density at radius 3 is 2.42 bits per heavy atom. The van der Waals surface area contributed by atoms with Crippen molar-refractivity contribution in [2.75, 3.05) is 11.9 Å². The molecule has 3 N–H and O–H groups in total. The molecule has 2 aromatic carbocycles. The van der Waals surface area contributed by atoms with Crippen LogP contribution in [0.15, 0.2) is 54.6 Å². The SMILES string of the molecule is C[C@@H](C1CC1)N(CC(=O)Nc1ccccc1C(N)=O)Cc1ccccc1. The van der Waals surface area contributed by atoms with Crippen molar-refractivity contribution in [1.82, 2.24) is 4.90 Å². The van der Waals surface area contributed by atoms with E-state index < -0.39 is 5.91 Å². The topological polar surface area (TPSA) is 75.4 Å². The summed E-state index contributed by atoms with van der Waals surface area (Å²) in [6.07, 6.45) is 2.44. The molecule has 0 unspecified atom stereocenters. The molecule has 1 aliphatic carbocycles. The van der Waals surface area contributed by atoms with Crippen LogP contribution in [0.3, 0.4) is 0 Å². The molecule has 0 aromatic heterocycles. The van der Waals surface area contributed by atoms with Crippen molar-refractivity contribution in [1.29, 1.82) is 0 Å². The number of amides is 2. The molecule has 0 saturated heterocycles. The number of rotatable bonds is 8. The van der Waals surface area contributed by atoms with Crippen molar-refractivity contribution in [3.8, 4) is 0 Å². The van der Waals surface area contributed by atoms with E-state index in [1.165, 1.54) is 18.4 Å². The van der Waals surface area contributed by atoms with Gasteiger partial charge in [-0.25, -0.2) is 0 Å². The highest BCUT2D eigenvalue weighted by atomic mass is 16.2. The van der Waals surface area contributed by atoms with Gasteiger partial charge >= 0.3 is 0 Å². The Labute approximate surface area is 154 Å². The lowest BCUT2D eigenvalue weighted by Gasteiger charge is -2.29. The van der Waals surface area contributed by atoms with Gasteiger partial charge in [0.25, 0.3) is 5.91 Å². The van der Waals surface area contributed by atoms with Crippen LogP contribution in [0.5, 0.6) is 0 Å². The molecule has 0 radical (unpaired) electrons. The molecule has 1 saturated carbocycles. The number of anilines is 1. The largest absolute Gasteiger partial charge is 0.366 e. The fraction of sp³-hybridized carbons (Fsp3) is 0.333. The van der Waals surface area contributed by atoms with Gasteiger partial charge in [0.05, 0.1) is 17.8 Å². The first-order valence-electron chi connectivity index (χ1n) is 9.01. The summed E-state index contributed by atoms with van der Waals surface area (Å²) in [5.41, 5.74) is 7.36. The standard InChI is InChI=1S/C21H25N3O2/c1-15(17-11-12-17)24(13-16-7-3-2-4-8-16)14-20(25)23-19-10-6-5-9-18(19)21(22)26/h2-10,15,17H,11-14H2,1H3,(H2,22,26)(H,23,25)/t15-/m0/s1. The second kappa shape index (κ2) is 8.15. The molecular formula is C21H25N3O2. The summed E-state index contributed by atoms with van der Waals surface area (Å²) in [5.74, 6) is -0.0278. The van der Waals surface area contributed by atoms with E-state index in [1.807, 2.05) is 18.2 Å². The molecule has 2 amide bonds. The van der Waals surface area contributed by atoms with Crippen molar-refractivity contribution in [3.05, 3.63) is 65.7 Å². The van der Waals surface area contributed by atoms with Crippen LogP contribution in [0.25, 0.3) is 0 Å². The first-order valence-corrected chi connectivity index (χ1v) is 9.01. The van der Waals surface area contributed by atoms with Gasteiger partial charge < -0.3 is 11.1 Å². The van der Waals surface area contributed by atoms with Crippen LogP contribution in [0.2, 0.25) is 0 Å². The highest BCUT2D eigenvalue weighted by Crippen LogP contribution is 2.35. The van der Waals surface area contributed by atoms with E-state index in [2.05, 4.69) is 29.3 Å². The summed E-state index contributed by atoms with van der Waals surface area (Å²) >= 11 is 0. The second-order valence-electron chi connectivity index (χ2n) is 6.93. The maximum Gasteiger partial charge on any atom is 0.250 e. The minimum absolute atomic E-state index is 0.137. The Hall–Kier alpha value is -2.66. The lowest BCUT2D eigenvalue weighted by atomic mass is 10.1. The summed E-state index contributed by atoms with van der Waals surface area (Å²) in [5, 5.41) is 2.84. The van der Waals surface area contributed by atoms with Gasteiger partial charge in [0.15, 0.2) is 0 Å².